The minimum atomic E-state index is -0.364. The zero-order chi connectivity index (χ0) is 26.6. The summed E-state index contributed by atoms with van der Waals surface area (Å²) < 4.78 is 11.4. The molecule has 0 saturated carbocycles. The number of carbonyl (C=O) groups is 1. The quantitative estimate of drug-likeness (QED) is 0.515. The molecule has 0 unspecified atom stereocenters. The molecule has 0 amide bonds. The number of piperidine rings is 1. The van der Waals surface area contributed by atoms with Gasteiger partial charge in [0, 0.05) is 78.6 Å². The van der Waals surface area contributed by atoms with Crippen molar-refractivity contribution in [2.24, 2.45) is 0 Å². The lowest BCUT2D eigenvalue weighted by Gasteiger charge is -2.43. The van der Waals surface area contributed by atoms with E-state index in [0.717, 1.165) is 98.5 Å². The van der Waals surface area contributed by atoms with Crippen LogP contribution in [0.5, 0.6) is 0 Å². The highest BCUT2D eigenvalue weighted by atomic mass is 16.5. The molecule has 7 heteroatoms. The summed E-state index contributed by atoms with van der Waals surface area (Å²) in [6.07, 6.45) is 9.83. The Morgan fingerprint density at radius 3 is 2.46 bits per heavy atom. The van der Waals surface area contributed by atoms with Crippen molar-refractivity contribution in [3.63, 3.8) is 0 Å². The molecule has 198 valence electrons. The molecule has 0 radical (unpaired) electrons. The zero-order valence-electron chi connectivity index (χ0n) is 22.1. The molecule has 0 atom stereocenters. The van der Waals surface area contributed by atoms with Gasteiger partial charge in [0.2, 0.25) is 0 Å². The van der Waals surface area contributed by atoms with Gasteiger partial charge in [-0.05, 0) is 55.5 Å². The molecule has 39 heavy (non-hydrogen) atoms. The summed E-state index contributed by atoms with van der Waals surface area (Å²) in [7, 11) is 0. The number of rotatable bonds is 2. The van der Waals surface area contributed by atoms with Gasteiger partial charge in [-0.15, -0.1) is 6.42 Å². The van der Waals surface area contributed by atoms with Crippen LogP contribution in [0.2, 0.25) is 0 Å². The first kappa shape index (κ1) is 24.4. The van der Waals surface area contributed by atoms with E-state index in [1.54, 1.807) is 6.07 Å². The van der Waals surface area contributed by atoms with Gasteiger partial charge in [0.05, 0.1) is 36.1 Å². The van der Waals surface area contributed by atoms with Crippen LogP contribution in [0.25, 0.3) is 10.9 Å². The molecule has 0 bridgehead atoms. The van der Waals surface area contributed by atoms with Crippen LogP contribution in [0, 0.1) is 23.7 Å². The highest BCUT2D eigenvalue weighted by Crippen LogP contribution is 2.50. The Balaban J connectivity index is 1.31. The summed E-state index contributed by atoms with van der Waals surface area (Å²) in [6, 6.07) is 12.5. The van der Waals surface area contributed by atoms with E-state index in [1.165, 1.54) is 0 Å². The smallest absolute Gasteiger partial charge is 0.195 e. The van der Waals surface area contributed by atoms with Crippen molar-refractivity contribution in [3.05, 3.63) is 63.8 Å². The van der Waals surface area contributed by atoms with Crippen LogP contribution in [0.1, 0.15) is 64.0 Å². The maximum Gasteiger partial charge on any atom is 0.195 e. The van der Waals surface area contributed by atoms with Gasteiger partial charge in [-0.25, -0.2) is 0 Å². The van der Waals surface area contributed by atoms with Crippen molar-refractivity contribution in [1.29, 1.82) is 5.26 Å². The number of nitrogens with zero attached hydrogens (tertiary/aromatic N) is 3. The minimum Gasteiger partial charge on any atom is -0.381 e. The van der Waals surface area contributed by atoms with Crippen molar-refractivity contribution in [2.75, 3.05) is 57.5 Å². The molecular weight excluding hydrogens is 488 g/mol. The van der Waals surface area contributed by atoms with Crippen LogP contribution in [-0.2, 0) is 14.9 Å². The van der Waals surface area contributed by atoms with Crippen LogP contribution in [0.15, 0.2) is 30.3 Å². The minimum absolute atomic E-state index is 0.00199. The van der Waals surface area contributed by atoms with Crippen LogP contribution in [-0.4, -0.2) is 74.3 Å². The number of nitrogens with one attached hydrogen (secondary N) is 1. The average molecular weight is 521 g/mol. The number of hydrogen-bond donors (Lipinski definition) is 1. The second kappa shape index (κ2) is 9.54. The molecule has 2 aromatic carbocycles. The maximum absolute atomic E-state index is 14.1. The van der Waals surface area contributed by atoms with E-state index in [9.17, 15) is 10.1 Å². The molecule has 4 aliphatic rings. The van der Waals surface area contributed by atoms with Crippen LogP contribution in [0.3, 0.4) is 0 Å². The second-order valence-corrected chi connectivity index (χ2v) is 11.2. The summed E-state index contributed by atoms with van der Waals surface area (Å²) in [5.74, 6) is 2.91. The lowest BCUT2D eigenvalue weighted by atomic mass is 9.64. The topological polar surface area (TPSA) is 81.6 Å². The van der Waals surface area contributed by atoms with E-state index in [2.05, 4.69) is 32.8 Å². The first-order chi connectivity index (χ1) is 19.1. The predicted octanol–water partition coefficient (Wildman–Crippen LogP) is 3.96. The molecule has 1 N–H and O–H groups in total. The van der Waals surface area contributed by atoms with Gasteiger partial charge in [0.25, 0.3) is 0 Å². The van der Waals surface area contributed by atoms with E-state index in [-0.39, 0.29) is 11.2 Å². The SMILES string of the molecule is C#Cc1cc2c(cc1N1CCC(N3CCOCC3)CC1)C1(CCOCC1)c1[nH]c3cc(C#N)ccc3c1C2=O. The van der Waals surface area contributed by atoms with Gasteiger partial charge in [-0.2, -0.15) is 5.26 Å². The van der Waals surface area contributed by atoms with Gasteiger partial charge in [0.15, 0.2) is 5.78 Å². The first-order valence-corrected chi connectivity index (χ1v) is 14.0. The summed E-state index contributed by atoms with van der Waals surface area (Å²) >= 11 is 0. The Hall–Kier alpha value is -3.62. The third-order valence-electron chi connectivity index (χ3n) is 9.40. The molecule has 1 aliphatic carbocycles. The van der Waals surface area contributed by atoms with E-state index in [0.29, 0.717) is 35.9 Å². The average Bonchev–Trinajstić information content (AvgIpc) is 3.40. The Kier molecular flexibility index (Phi) is 5.97. The number of carbonyl (C=O) groups excluding carboxylic acids is 1. The fourth-order valence-electron chi connectivity index (χ4n) is 7.33. The summed E-state index contributed by atoms with van der Waals surface area (Å²) in [5.41, 5.74) is 6.30. The molecule has 1 aromatic heterocycles. The van der Waals surface area contributed by atoms with Crippen LogP contribution < -0.4 is 4.90 Å². The number of ketones is 1. The molecule has 3 aliphatic heterocycles. The number of anilines is 1. The van der Waals surface area contributed by atoms with Crippen LogP contribution in [0.4, 0.5) is 5.69 Å². The van der Waals surface area contributed by atoms with Gasteiger partial charge in [-0.1, -0.05) is 12.0 Å². The zero-order valence-corrected chi connectivity index (χ0v) is 22.1. The summed E-state index contributed by atoms with van der Waals surface area (Å²) in [5, 5.41) is 10.3. The van der Waals surface area contributed by atoms with E-state index < -0.39 is 0 Å². The molecule has 1 spiro atoms. The largest absolute Gasteiger partial charge is 0.381 e. The second-order valence-electron chi connectivity index (χ2n) is 11.2. The third-order valence-corrected chi connectivity index (χ3v) is 9.40. The Labute approximate surface area is 228 Å². The fraction of sp³-hybridized carbons (Fsp3) is 0.438. The van der Waals surface area contributed by atoms with Crippen molar-refractivity contribution < 1.29 is 14.3 Å². The van der Waals surface area contributed by atoms with E-state index >= 15 is 0 Å². The molecule has 7 nitrogen and oxygen atoms in total. The number of ether oxygens (including phenoxy) is 2. The number of fused-ring (bicyclic) bond motifs is 6. The Morgan fingerprint density at radius 2 is 1.74 bits per heavy atom. The number of benzene rings is 2. The number of hydrogen-bond acceptors (Lipinski definition) is 6. The Morgan fingerprint density at radius 1 is 1.00 bits per heavy atom. The molecule has 3 fully saturated rings. The summed E-state index contributed by atoms with van der Waals surface area (Å²) in [6.45, 7) is 6.79. The summed E-state index contributed by atoms with van der Waals surface area (Å²) in [4.78, 5) is 22.7. The molecule has 4 heterocycles. The van der Waals surface area contributed by atoms with Gasteiger partial charge in [0.1, 0.15) is 0 Å². The number of aromatic amines is 1. The van der Waals surface area contributed by atoms with Gasteiger partial charge >= 0.3 is 0 Å². The lowest BCUT2D eigenvalue weighted by Crippen LogP contribution is -2.49. The Bertz CT molecular complexity index is 1540. The number of nitriles is 1. The lowest BCUT2D eigenvalue weighted by molar-refractivity contribution is 0.0115. The van der Waals surface area contributed by atoms with Crippen LogP contribution >= 0.6 is 0 Å². The fourth-order valence-corrected chi connectivity index (χ4v) is 7.33. The standard InChI is InChI=1S/C32H32N4O3/c1-2-22-18-25-26(19-28(22)36-9-5-23(6-10-36)35-11-15-39-16-12-35)32(7-13-38-14-8-32)31-29(30(25)37)24-4-3-21(20-33)17-27(24)34-31/h1,3-4,17-19,23,34H,5-16H2. The van der Waals surface area contributed by atoms with Crippen molar-refractivity contribution >= 4 is 22.4 Å². The highest BCUT2D eigenvalue weighted by Gasteiger charge is 2.47. The van der Waals surface area contributed by atoms with Crippen molar-refractivity contribution in [3.8, 4) is 18.4 Å². The molecule has 3 aromatic rings. The van der Waals surface area contributed by atoms with Crippen molar-refractivity contribution in [1.82, 2.24) is 9.88 Å². The molecule has 7 rings (SSSR count). The first-order valence-electron chi connectivity index (χ1n) is 14.0. The number of aromatic nitrogens is 1. The monoisotopic (exact) mass is 520 g/mol. The number of H-pyrrole nitrogens is 1. The highest BCUT2D eigenvalue weighted by molar-refractivity contribution is 6.20. The van der Waals surface area contributed by atoms with Crippen molar-refractivity contribution in [2.45, 2.75) is 37.1 Å². The van der Waals surface area contributed by atoms with Gasteiger partial charge in [-0.3, -0.25) is 9.69 Å². The number of morpholine rings is 1. The normalized spacial score (nSPS) is 21.4. The maximum atomic E-state index is 14.1. The molecule has 3 saturated heterocycles. The predicted molar refractivity (Wildman–Crippen MR) is 149 cm³/mol. The van der Waals surface area contributed by atoms with Gasteiger partial charge < -0.3 is 19.4 Å². The third kappa shape index (κ3) is 3.80. The van der Waals surface area contributed by atoms with E-state index in [1.807, 2.05) is 18.2 Å². The molecular formula is C32H32N4O3. The van der Waals surface area contributed by atoms with E-state index in [4.69, 9.17) is 15.9 Å². The number of terminal acetylenes is 1.